The molecule has 1 aromatic rings. The molecular weight excluding hydrogens is 142 g/mol. The fourth-order valence-electron chi connectivity index (χ4n) is 0.821. The van der Waals surface area contributed by atoms with E-state index in [9.17, 15) is 0 Å². The summed E-state index contributed by atoms with van der Waals surface area (Å²) in [5, 5.41) is 9.06. The first-order valence-electron chi connectivity index (χ1n) is 3.61. The Morgan fingerprint density at radius 2 is 2.55 bits per heavy atom. The van der Waals surface area contributed by atoms with Gasteiger partial charge in [-0.1, -0.05) is 0 Å². The minimum absolute atomic E-state index is 0.213. The molecule has 0 aliphatic rings. The summed E-state index contributed by atoms with van der Waals surface area (Å²) in [6.45, 7) is 1.68. The van der Waals surface area contributed by atoms with Gasteiger partial charge in [-0.15, -0.1) is 0 Å². The first-order valence-corrected chi connectivity index (χ1v) is 3.61. The van der Waals surface area contributed by atoms with Crippen LogP contribution in [0.25, 0.3) is 0 Å². The third-order valence-corrected chi connectivity index (χ3v) is 1.63. The number of aromatic nitrogens is 2. The van der Waals surface area contributed by atoms with Crippen LogP contribution >= 0.6 is 0 Å². The summed E-state index contributed by atoms with van der Waals surface area (Å²) in [7, 11) is 0. The Hall–Kier alpha value is -0.870. The summed E-state index contributed by atoms with van der Waals surface area (Å²) in [4.78, 5) is 6.76. The Morgan fingerprint density at radius 3 is 3.00 bits per heavy atom. The van der Waals surface area contributed by atoms with Crippen molar-refractivity contribution in [2.75, 3.05) is 0 Å². The molecule has 0 fully saturated rings. The highest BCUT2D eigenvalue weighted by atomic mass is 16.3. The zero-order valence-electron chi connectivity index (χ0n) is 6.49. The van der Waals surface area contributed by atoms with Gasteiger partial charge in [0.2, 0.25) is 0 Å². The number of nitrogens with zero attached hydrogens (tertiary/aromatic N) is 1. The minimum atomic E-state index is -0.474. The van der Waals surface area contributed by atoms with Gasteiger partial charge in [-0.25, -0.2) is 4.98 Å². The molecule has 11 heavy (non-hydrogen) atoms. The number of hydrogen-bond donors (Lipinski definition) is 3. The molecule has 0 spiro atoms. The van der Waals surface area contributed by atoms with E-state index in [1.165, 1.54) is 0 Å². The molecule has 62 valence electrons. The van der Waals surface area contributed by atoms with E-state index >= 15 is 0 Å². The number of imidazole rings is 1. The smallest absolute Gasteiger partial charge is 0.0921 e. The molecule has 2 unspecified atom stereocenters. The van der Waals surface area contributed by atoms with E-state index in [1.807, 2.05) is 0 Å². The van der Waals surface area contributed by atoms with Crippen molar-refractivity contribution >= 4 is 0 Å². The number of nitrogens with two attached hydrogens (primary N) is 1. The molecule has 4 heteroatoms. The number of aliphatic hydroxyl groups is 1. The molecule has 1 heterocycles. The average Bonchev–Trinajstić information content (AvgIpc) is 2.39. The number of hydrogen-bond acceptors (Lipinski definition) is 3. The lowest BCUT2D eigenvalue weighted by atomic mass is 10.1. The van der Waals surface area contributed by atoms with Crippen molar-refractivity contribution in [1.29, 1.82) is 0 Å². The highest BCUT2D eigenvalue weighted by molar-refractivity contribution is 4.97. The van der Waals surface area contributed by atoms with Gasteiger partial charge in [-0.2, -0.15) is 0 Å². The predicted octanol–water partition coefficient (Wildman–Crippen LogP) is -0.340. The predicted molar refractivity (Wildman–Crippen MR) is 41.9 cm³/mol. The van der Waals surface area contributed by atoms with Crippen molar-refractivity contribution in [3.8, 4) is 0 Å². The van der Waals surface area contributed by atoms with Crippen molar-refractivity contribution in [1.82, 2.24) is 9.97 Å². The highest BCUT2D eigenvalue weighted by Crippen LogP contribution is 1.99. The number of rotatable bonds is 3. The monoisotopic (exact) mass is 155 g/mol. The summed E-state index contributed by atoms with van der Waals surface area (Å²) < 4.78 is 0. The second-order valence-corrected chi connectivity index (χ2v) is 2.69. The maximum atomic E-state index is 9.06. The van der Waals surface area contributed by atoms with Gasteiger partial charge < -0.3 is 15.8 Å². The SMILES string of the molecule is CC(O)C(N)Cc1cnc[nH]1. The first-order chi connectivity index (χ1) is 5.20. The van der Waals surface area contributed by atoms with E-state index in [0.29, 0.717) is 6.42 Å². The fourth-order valence-corrected chi connectivity index (χ4v) is 0.821. The molecular formula is C7H13N3O. The van der Waals surface area contributed by atoms with Crippen LogP contribution < -0.4 is 5.73 Å². The Balaban J connectivity index is 2.43. The number of aliphatic hydroxyl groups excluding tert-OH is 1. The van der Waals surface area contributed by atoms with Crippen LogP contribution in [0.2, 0.25) is 0 Å². The van der Waals surface area contributed by atoms with Crippen LogP contribution in [-0.2, 0) is 6.42 Å². The second-order valence-electron chi connectivity index (χ2n) is 2.69. The number of aromatic amines is 1. The summed E-state index contributed by atoms with van der Waals surface area (Å²) in [6, 6.07) is -0.213. The zero-order valence-corrected chi connectivity index (χ0v) is 6.49. The lowest BCUT2D eigenvalue weighted by molar-refractivity contribution is 0.163. The van der Waals surface area contributed by atoms with E-state index in [1.54, 1.807) is 19.4 Å². The summed E-state index contributed by atoms with van der Waals surface area (Å²) in [5.74, 6) is 0. The average molecular weight is 155 g/mol. The maximum Gasteiger partial charge on any atom is 0.0921 e. The molecule has 1 rings (SSSR count). The zero-order chi connectivity index (χ0) is 8.27. The Labute approximate surface area is 65.5 Å². The molecule has 0 aromatic carbocycles. The first kappa shape index (κ1) is 8.23. The second kappa shape index (κ2) is 3.50. The third-order valence-electron chi connectivity index (χ3n) is 1.63. The molecule has 0 amide bonds. The van der Waals surface area contributed by atoms with Crippen LogP contribution in [0, 0.1) is 0 Å². The molecule has 0 saturated heterocycles. The van der Waals surface area contributed by atoms with Crippen molar-refractivity contribution < 1.29 is 5.11 Å². The Bertz CT molecular complexity index is 195. The summed E-state index contributed by atoms with van der Waals surface area (Å²) >= 11 is 0. The quantitative estimate of drug-likeness (QED) is 0.559. The number of H-pyrrole nitrogens is 1. The van der Waals surface area contributed by atoms with Gasteiger partial charge in [0, 0.05) is 24.4 Å². The summed E-state index contributed by atoms with van der Waals surface area (Å²) in [6.07, 6.45) is 3.47. The van der Waals surface area contributed by atoms with Crippen molar-refractivity contribution in [2.24, 2.45) is 5.73 Å². The third kappa shape index (κ3) is 2.32. The van der Waals surface area contributed by atoms with Crippen molar-refractivity contribution in [3.05, 3.63) is 18.2 Å². The van der Waals surface area contributed by atoms with E-state index < -0.39 is 6.10 Å². The van der Waals surface area contributed by atoms with Crippen LogP contribution in [0.1, 0.15) is 12.6 Å². The van der Waals surface area contributed by atoms with Gasteiger partial charge in [-0.3, -0.25) is 0 Å². The van der Waals surface area contributed by atoms with E-state index in [4.69, 9.17) is 10.8 Å². The van der Waals surface area contributed by atoms with E-state index in [2.05, 4.69) is 9.97 Å². The lowest BCUT2D eigenvalue weighted by Crippen LogP contribution is -2.34. The van der Waals surface area contributed by atoms with E-state index in [0.717, 1.165) is 5.69 Å². The van der Waals surface area contributed by atoms with Crippen LogP contribution in [0.5, 0.6) is 0 Å². The van der Waals surface area contributed by atoms with Gasteiger partial charge in [0.15, 0.2) is 0 Å². The van der Waals surface area contributed by atoms with Gasteiger partial charge in [0.1, 0.15) is 0 Å². The summed E-state index contributed by atoms with van der Waals surface area (Å²) in [5.41, 5.74) is 6.57. The Morgan fingerprint density at radius 1 is 1.82 bits per heavy atom. The lowest BCUT2D eigenvalue weighted by Gasteiger charge is -2.12. The normalized spacial score (nSPS) is 16.3. The Kier molecular flexibility index (Phi) is 2.62. The molecule has 4 N–H and O–H groups in total. The minimum Gasteiger partial charge on any atom is -0.392 e. The van der Waals surface area contributed by atoms with Crippen LogP contribution in [-0.4, -0.2) is 27.2 Å². The number of nitrogens with one attached hydrogen (secondary N) is 1. The maximum absolute atomic E-state index is 9.06. The van der Waals surface area contributed by atoms with Crippen LogP contribution in [0.15, 0.2) is 12.5 Å². The van der Waals surface area contributed by atoms with Crippen molar-refractivity contribution in [2.45, 2.75) is 25.5 Å². The molecule has 0 radical (unpaired) electrons. The molecule has 0 aliphatic heterocycles. The van der Waals surface area contributed by atoms with Gasteiger partial charge in [0.05, 0.1) is 12.4 Å². The largest absolute Gasteiger partial charge is 0.392 e. The van der Waals surface area contributed by atoms with Crippen molar-refractivity contribution in [3.63, 3.8) is 0 Å². The standard InChI is InChI=1S/C7H13N3O/c1-5(11)7(8)2-6-3-9-4-10-6/h3-5,7,11H,2,8H2,1H3,(H,9,10). The van der Waals surface area contributed by atoms with Crippen LogP contribution in [0.3, 0.4) is 0 Å². The molecule has 2 atom stereocenters. The van der Waals surface area contributed by atoms with Gasteiger partial charge in [0.25, 0.3) is 0 Å². The molecule has 1 aromatic heterocycles. The van der Waals surface area contributed by atoms with Gasteiger partial charge >= 0.3 is 0 Å². The molecule has 0 aliphatic carbocycles. The molecule has 0 bridgehead atoms. The van der Waals surface area contributed by atoms with Crippen LogP contribution in [0.4, 0.5) is 0 Å². The topological polar surface area (TPSA) is 74.9 Å². The highest BCUT2D eigenvalue weighted by Gasteiger charge is 2.09. The molecule has 0 saturated carbocycles. The van der Waals surface area contributed by atoms with E-state index in [-0.39, 0.29) is 6.04 Å². The molecule has 4 nitrogen and oxygen atoms in total. The van der Waals surface area contributed by atoms with Gasteiger partial charge in [-0.05, 0) is 6.92 Å². The fraction of sp³-hybridized carbons (Fsp3) is 0.571.